The maximum absolute atomic E-state index is 13.1. The highest BCUT2D eigenvalue weighted by molar-refractivity contribution is 7.99. The third-order valence-corrected chi connectivity index (χ3v) is 5.84. The summed E-state index contributed by atoms with van der Waals surface area (Å²) in [5.74, 6) is 0.514. The largest absolute Gasteiger partial charge is 0.383 e. The van der Waals surface area contributed by atoms with Crippen molar-refractivity contribution in [2.24, 2.45) is 0 Å². The molecule has 3 heterocycles. The van der Waals surface area contributed by atoms with Gasteiger partial charge in [-0.25, -0.2) is 9.67 Å². The highest BCUT2D eigenvalue weighted by Gasteiger charge is 2.29. The van der Waals surface area contributed by atoms with E-state index in [0.717, 1.165) is 5.69 Å². The van der Waals surface area contributed by atoms with Crippen molar-refractivity contribution >= 4 is 40.3 Å². The Balaban J connectivity index is 1.65. The summed E-state index contributed by atoms with van der Waals surface area (Å²) >= 11 is 7.42. The Hall–Kier alpha value is -2.36. The van der Waals surface area contributed by atoms with Crippen LogP contribution in [0.5, 0.6) is 0 Å². The maximum atomic E-state index is 13.1. The summed E-state index contributed by atoms with van der Waals surface area (Å²) < 4.78 is 8.16. The first-order valence-corrected chi connectivity index (χ1v) is 10.1. The molecular formula is C18H18ClN5O3S. The van der Waals surface area contributed by atoms with E-state index in [-0.39, 0.29) is 23.9 Å². The van der Waals surface area contributed by atoms with Crippen molar-refractivity contribution in [3.05, 3.63) is 45.8 Å². The fraction of sp³-hybridized carbons (Fsp3) is 0.333. The minimum absolute atomic E-state index is 0.112. The van der Waals surface area contributed by atoms with Crippen LogP contribution in [0.25, 0.3) is 16.7 Å². The predicted molar refractivity (Wildman–Crippen MR) is 107 cm³/mol. The number of hydrogen-bond acceptors (Lipinski definition) is 6. The molecule has 1 aromatic carbocycles. The lowest BCUT2D eigenvalue weighted by molar-refractivity contribution is -0.121. The minimum atomic E-state index is -0.231. The molecule has 4 rings (SSSR count). The topological polar surface area (TPSA) is 91.0 Å². The average Bonchev–Trinajstić information content (AvgIpc) is 3.28. The van der Waals surface area contributed by atoms with Crippen LogP contribution in [-0.4, -0.2) is 51.3 Å². The molecule has 0 radical (unpaired) electrons. The molecule has 1 N–H and O–H groups in total. The molecule has 10 heteroatoms. The second kappa shape index (κ2) is 7.94. The van der Waals surface area contributed by atoms with E-state index in [1.807, 2.05) is 12.1 Å². The Bertz CT molecular complexity index is 1080. The molecule has 0 fully saturated rings. The summed E-state index contributed by atoms with van der Waals surface area (Å²) in [5.41, 5.74) is 1.09. The smallest absolute Gasteiger partial charge is 0.265 e. The summed E-state index contributed by atoms with van der Waals surface area (Å²) in [7, 11) is 1.58. The molecule has 0 bridgehead atoms. The van der Waals surface area contributed by atoms with E-state index in [0.29, 0.717) is 40.1 Å². The Morgan fingerprint density at radius 1 is 1.39 bits per heavy atom. The van der Waals surface area contributed by atoms with E-state index in [4.69, 9.17) is 16.3 Å². The number of benzene rings is 1. The minimum Gasteiger partial charge on any atom is -0.383 e. The van der Waals surface area contributed by atoms with Crippen LogP contribution in [0.2, 0.25) is 5.02 Å². The number of ether oxygens (including phenoxy) is 1. The quantitative estimate of drug-likeness (QED) is 0.485. The van der Waals surface area contributed by atoms with Gasteiger partial charge in [0.05, 0.1) is 24.5 Å². The van der Waals surface area contributed by atoms with Crippen molar-refractivity contribution in [1.82, 2.24) is 24.6 Å². The second-order valence-corrected chi connectivity index (χ2v) is 7.77. The maximum Gasteiger partial charge on any atom is 0.265 e. The molecule has 8 nitrogen and oxygen atoms in total. The van der Waals surface area contributed by atoms with Crippen molar-refractivity contribution in [2.75, 3.05) is 26.0 Å². The van der Waals surface area contributed by atoms with Crippen LogP contribution >= 0.6 is 23.4 Å². The normalized spacial score (nSPS) is 15.7. The molecule has 3 aromatic rings. The number of nitrogens with zero attached hydrogens (tertiary/aromatic N) is 4. The molecule has 28 heavy (non-hydrogen) atoms. The van der Waals surface area contributed by atoms with E-state index >= 15 is 0 Å². The molecule has 0 saturated carbocycles. The summed E-state index contributed by atoms with van der Waals surface area (Å²) in [6.07, 6.45) is 1.74. The highest BCUT2D eigenvalue weighted by Crippen LogP contribution is 2.33. The Morgan fingerprint density at radius 2 is 2.18 bits per heavy atom. The van der Waals surface area contributed by atoms with Crippen molar-refractivity contribution in [1.29, 1.82) is 0 Å². The summed E-state index contributed by atoms with van der Waals surface area (Å²) in [4.78, 5) is 29.8. The lowest BCUT2D eigenvalue weighted by Crippen LogP contribution is -2.32. The van der Waals surface area contributed by atoms with E-state index in [2.05, 4.69) is 15.4 Å². The van der Waals surface area contributed by atoms with Gasteiger partial charge in [0.2, 0.25) is 5.91 Å². The number of carbonyl (C=O) groups excluding carboxylic acids is 1. The number of methoxy groups -OCH3 is 1. The van der Waals surface area contributed by atoms with Crippen LogP contribution in [0.4, 0.5) is 0 Å². The number of halogens is 1. The first-order valence-electron chi connectivity index (χ1n) is 8.73. The van der Waals surface area contributed by atoms with Crippen LogP contribution in [0.1, 0.15) is 12.5 Å². The standard InChI is InChI=1S/C18H18ClN5O3S/c1-27-7-6-20-15(25)8-13-10-28-18-22-16-14(17(26)23(13)18)9-21-24(16)12-4-2-11(19)3-5-12/h2-5,9,13H,6-8,10H2,1H3,(H,20,25). The number of amides is 1. The van der Waals surface area contributed by atoms with Gasteiger partial charge in [-0.05, 0) is 24.3 Å². The summed E-state index contributed by atoms with van der Waals surface area (Å²) in [6.45, 7) is 0.899. The molecule has 1 atom stereocenters. The zero-order valence-corrected chi connectivity index (χ0v) is 16.7. The SMILES string of the molecule is COCCNC(=O)CC1CSc2nc3c(cnn3-c3ccc(Cl)cc3)c(=O)n21. The van der Waals surface area contributed by atoms with E-state index in [1.165, 1.54) is 18.0 Å². The van der Waals surface area contributed by atoms with Crippen molar-refractivity contribution < 1.29 is 9.53 Å². The van der Waals surface area contributed by atoms with Gasteiger partial charge in [0.25, 0.3) is 5.56 Å². The van der Waals surface area contributed by atoms with E-state index in [9.17, 15) is 9.59 Å². The van der Waals surface area contributed by atoms with Crippen molar-refractivity contribution in [3.8, 4) is 5.69 Å². The van der Waals surface area contributed by atoms with Gasteiger partial charge in [-0.1, -0.05) is 23.4 Å². The molecule has 2 aromatic heterocycles. The molecule has 1 amide bonds. The van der Waals surface area contributed by atoms with Gasteiger partial charge in [-0.3, -0.25) is 14.2 Å². The van der Waals surface area contributed by atoms with Crippen LogP contribution in [0.3, 0.4) is 0 Å². The van der Waals surface area contributed by atoms with Gasteiger partial charge >= 0.3 is 0 Å². The number of carbonyl (C=O) groups is 1. The molecule has 1 unspecified atom stereocenters. The monoisotopic (exact) mass is 419 g/mol. The van der Waals surface area contributed by atoms with Crippen LogP contribution in [0.15, 0.2) is 40.4 Å². The number of aromatic nitrogens is 4. The molecule has 1 aliphatic rings. The fourth-order valence-corrected chi connectivity index (χ4v) is 4.39. The van der Waals surface area contributed by atoms with Gasteiger partial charge in [0, 0.05) is 30.9 Å². The highest BCUT2D eigenvalue weighted by atomic mass is 35.5. The molecular weight excluding hydrogens is 402 g/mol. The number of rotatable bonds is 6. The van der Waals surface area contributed by atoms with E-state index in [1.54, 1.807) is 28.5 Å². The number of hydrogen-bond donors (Lipinski definition) is 1. The third-order valence-electron chi connectivity index (χ3n) is 4.49. The van der Waals surface area contributed by atoms with E-state index < -0.39 is 0 Å². The molecule has 146 valence electrons. The van der Waals surface area contributed by atoms with Crippen LogP contribution < -0.4 is 10.9 Å². The molecule has 0 aliphatic carbocycles. The second-order valence-electron chi connectivity index (χ2n) is 6.35. The summed E-state index contributed by atoms with van der Waals surface area (Å²) in [5, 5.41) is 8.76. The lowest BCUT2D eigenvalue weighted by atomic mass is 10.2. The summed E-state index contributed by atoms with van der Waals surface area (Å²) in [6, 6.07) is 6.93. The zero-order valence-electron chi connectivity index (χ0n) is 15.1. The van der Waals surface area contributed by atoms with Gasteiger partial charge in [0.1, 0.15) is 5.39 Å². The van der Waals surface area contributed by atoms with Crippen LogP contribution in [-0.2, 0) is 9.53 Å². The Labute approximate surface area is 169 Å². The Kier molecular flexibility index (Phi) is 5.38. The zero-order chi connectivity index (χ0) is 19.7. The predicted octanol–water partition coefficient (Wildman–Crippen LogP) is 2.04. The van der Waals surface area contributed by atoms with Crippen LogP contribution in [0, 0.1) is 0 Å². The lowest BCUT2D eigenvalue weighted by Gasteiger charge is -2.13. The first kappa shape index (κ1) is 19.0. The average molecular weight is 420 g/mol. The first-order chi connectivity index (χ1) is 13.6. The van der Waals surface area contributed by atoms with Crippen molar-refractivity contribution in [2.45, 2.75) is 17.6 Å². The fourth-order valence-electron chi connectivity index (χ4n) is 3.13. The molecule has 0 spiro atoms. The number of nitrogens with one attached hydrogen (secondary N) is 1. The third kappa shape index (κ3) is 3.52. The Morgan fingerprint density at radius 3 is 2.93 bits per heavy atom. The van der Waals surface area contributed by atoms with Crippen molar-refractivity contribution in [3.63, 3.8) is 0 Å². The van der Waals surface area contributed by atoms with Gasteiger partial charge in [-0.15, -0.1) is 0 Å². The van der Waals surface area contributed by atoms with Gasteiger partial charge < -0.3 is 10.1 Å². The van der Waals surface area contributed by atoms with Gasteiger partial charge in [-0.2, -0.15) is 5.10 Å². The number of thioether (sulfide) groups is 1. The molecule has 0 saturated heterocycles. The van der Waals surface area contributed by atoms with Gasteiger partial charge in [0.15, 0.2) is 10.8 Å². The number of fused-ring (bicyclic) bond motifs is 2. The molecule has 1 aliphatic heterocycles.